The molecule has 2 aromatic rings. The summed E-state index contributed by atoms with van der Waals surface area (Å²) in [6, 6.07) is 12.6. The van der Waals surface area contributed by atoms with Gasteiger partial charge in [-0.2, -0.15) is 0 Å². The van der Waals surface area contributed by atoms with Gasteiger partial charge < -0.3 is 16.0 Å². The predicted octanol–water partition coefficient (Wildman–Crippen LogP) is 2.99. The molecule has 1 aliphatic carbocycles. The molecule has 3 amide bonds. The molecule has 0 aromatic heterocycles. The van der Waals surface area contributed by atoms with Crippen molar-refractivity contribution in [1.29, 1.82) is 0 Å². The number of anilines is 1. The molecule has 1 atom stereocenters. The Balaban J connectivity index is 1.58. The molecule has 140 valence electrons. The second kappa shape index (κ2) is 8.22. The first kappa shape index (κ1) is 18.9. The van der Waals surface area contributed by atoms with Gasteiger partial charge in [0.25, 0.3) is 11.8 Å². The van der Waals surface area contributed by atoms with Gasteiger partial charge in [-0.1, -0.05) is 17.7 Å². The topological polar surface area (TPSA) is 87.3 Å². The molecule has 6 nitrogen and oxygen atoms in total. The van der Waals surface area contributed by atoms with Crippen LogP contribution in [0.4, 0.5) is 5.69 Å². The average molecular weight is 386 g/mol. The maximum Gasteiger partial charge on any atom is 0.251 e. The van der Waals surface area contributed by atoms with Gasteiger partial charge in [0.15, 0.2) is 0 Å². The van der Waals surface area contributed by atoms with Crippen LogP contribution >= 0.6 is 11.6 Å². The van der Waals surface area contributed by atoms with E-state index in [0.717, 1.165) is 12.8 Å². The third-order valence-electron chi connectivity index (χ3n) is 4.15. The molecular weight excluding hydrogens is 366 g/mol. The van der Waals surface area contributed by atoms with Crippen LogP contribution in [0, 0.1) is 0 Å². The van der Waals surface area contributed by atoms with E-state index in [4.69, 9.17) is 11.6 Å². The molecule has 3 N–H and O–H groups in total. The minimum Gasteiger partial charge on any atom is -0.349 e. The van der Waals surface area contributed by atoms with Gasteiger partial charge in [0, 0.05) is 27.9 Å². The summed E-state index contributed by atoms with van der Waals surface area (Å²) in [6.07, 6.45) is 2.01. The van der Waals surface area contributed by atoms with Crippen LogP contribution in [0.5, 0.6) is 0 Å². The van der Waals surface area contributed by atoms with Gasteiger partial charge in [-0.25, -0.2) is 0 Å². The quantitative estimate of drug-likeness (QED) is 0.714. The lowest BCUT2D eigenvalue weighted by Crippen LogP contribution is -2.41. The van der Waals surface area contributed by atoms with Crippen LogP contribution < -0.4 is 16.0 Å². The van der Waals surface area contributed by atoms with Gasteiger partial charge in [0.05, 0.1) is 0 Å². The van der Waals surface area contributed by atoms with E-state index in [2.05, 4.69) is 16.0 Å². The molecule has 1 fully saturated rings. The second-order valence-corrected chi connectivity index (χ2v) is 6.96. The maximum absolute atomic E-state index is 12.4. The van der Waals surface area contributed by atoms with E-state index >= 15 is 0 Å². The first-order valence-electron chi connectivity index (χ1n) is 8.70. The van der Waals surface area contributed by atoms with Crippen LogP contribution in [-0.2, 0) is 4.79 Å². The summed E-state index contributed by atoms with van der Waals surface area (Å²) in [5.74, 6) is -0.901. The molecular formula is C20H20ClN3O3. The number of carbonyl (C=O) groups excluding carboxylic acids is 3. The summed E-state index contributed by atoms with van der Waals surface area (Å²) in [7, 11) is 0. The Morgan fingerprint density at radius 1 is 1.00 bits per heavy atom. The third kappa shape index (κ3) is 5.31. The number of hydrogen-bond acceptors (Lipinski definition) is 3. The number of nitrogens with one attached hydrogen (secondary N) is 3. The molecule has 0 aliphatic heterocycles. The van der Waals surface area contributed by atoms with Crippen molar-refractivity contribution >= 4 is 35.0 Å². The number of benzene rings is 2. The van der Waals surface area contributed by atoms with Crippen LogP contribution in [0.15, 0.2) is 48.5 Å². The predicted molar refractivity (Wildman–Crippen MR) is 104 cm³/mol. The molecule has 2 aromatic carbocycles. The van der Waals surface area contributed by atoms with Crippen molar-refractivity contribution in [2.75, 3.05) is 5.32 Å². The Morgan fingerprint density at radius 3 is 2.37 bits per heavy atom. The van der Waals surface area contributed by atoms with Gasteiger partial charge in [-0.3, -0.25) is 14.4 Å². The molecule has 0 radical (unpaired) electrons. The molecule has 3 rings (SSSR count). The standard InChI is InChI=1S/C20H20ClN3O3/c1-12(22-19(26)13-5-7-15(21)8-6-13)18(25)24-17-4-2-3-14(11-17)20(27)23-16-9-10-16/h2-8,11-12,16H,9-10H2,1H3,(H,22,26)(H,23,27)(H,24,25)/t12-/m1/s1. The maximum atomic E-state index is 12.4. The molecule has 0 bridgehead atoms. The van der Waals surface area contributed by atoms with Crippen molar-refractivity contribution in [3.05, 3.63) is 64.7 Å². The Morgan fingerprint density at radius 2 is 1.70 bits per heavy atom. The molecule has 0 saturated heterocycles. The molecule has 7 heteroatoms. The van der Waals surface area contributed by atoms with Crippen molar-refractivity contribution in [1.82, 2.24) is 10.6 Å². The largest absolute Gasteiger partial charge is 0.349 e. The van der Waals surface area contributed by atoms with Crippen LogP contribution in [0.2, 0.25) is 5.02 Å². The van der Waals surface area contributed by atoms with Crippen LogP contribution in [0.1, 0.15) is 40.5 Å². The van der Waals surface area contributed by atoms with Gasteiger partial charge in [0.2, 0.25) is 5.91 Å². The smallest absolute Gasteiger partial charge is 0.251 e. The highest BCUT2D eigenvalue weighted by atomic mass is 35.5. The average Bonchev–Trinajstić information content (AvgIpc) is 3.46. The monoisotopic (exact) mass is 385 g/mol. The van der Waals surface area contributed by atoms with E-state index in [9.17, 15) is 14.4 Å². The summed E-state index contributed by atoms with van der Waals surface area (Å²) >= 11 is 5.80. The van der Waals surface area contributed by atoms with Crippen molar-refractivity contribution < 1.29 is 14.4 Å². The number of carbonyl (C=O) groups is 3. The lowest BCUT2D eigenvalue weighted by Gasteiger charge is -2.15. The molecule has 0 unspecified atom stereocenters. The summed E-state index contributed by atoms with van der Waals surface area (Å²) in [4.78, 5) is 36.6. The summed E-state index contributed by atoms with van der Waals surface area (Å²) in [5.41, 5.74) is 1.39. The van der Waals surface area contributed by atoms with E-state index in [1.807, 2.05) is 0 Å². The third-order valence-corrected chi connectivity index (χ3v) is 4.40. The van der Waals surface area contributed by atoms with Crippen LogP contribution in [-0.4, -0.2) is 29.8 Å². The lowest BCUT2D eigenvalue weighted by atomic mass is 10.1. The normalized spacial score (nSPS) is 14.1. The van der Waals surface area contributed by atoms with Crippen molar-refractivity contribution in [2.45, 2.75) is 31.8 Å². The number of amides is 3. The summed E-state index contributed by atoms with van der Waals surface area (Å²) in [6.45, 7) is 1.59. The van der Waals surface area contributed by atoms with E-state index < -0.39 is 6.04 Å². The fraction of sp³-hybridized carbons (Fsp3) is 0.250. The zero-order valence-corrected chi connectivity index (χ0v) is 15.5. The zero-order chi connectivity index (χ0) is 19.4. The molecule has 0 heterocycles. The first-order chi connectivity index (χ1) is 12.9. The minimum atomic E-state index is -0.753. The van der Waals surface area contributed by atoms with E-state index in [1.165, 1.54) is 0 Å². The lowest BCUT2D eigenvalue weighted by molar-refractivity contribution is -0.117. The van der Waals surface area contributed by atoms with E-state index in [0.29, 0.717) is 21.8 Å². The van der Waals surface area contributed by atoms with Gasteiger partial charge in [0.1, 0.15) is 6.04 Å². The Labute approximate surface area is 162 Å². The van der Waals surface area contributed by atoms with E-state index in [-0.39, 0.29) is 23.8 Å². The molecule has 0 spiro atoms. The highest BCUT2D eigenvalue weighted by molar-refractivity contribution is 6.30. The fourth-order valence-corrected chi connectivity index (χ4v) is 2.56. The minimum absolute atomic E-state index is 0.155. The molecule has 1 saturated carbocycles. The Kier molecular flexibility index (Phi) is 5.76. The van der Waals surface area contributed by atoms with Crippen LogP contribution in [0.3, 0.4) is 0 Å². The molecule has 1 aliphatic rings. The van der Waals surface area contributed by atoms with Gasteiger partial charge in [-0.15, -0.1) is 0 Å². The number of rotatable bonds is 6. The number of hydrogen-bond donors (Lipinski definition) is 3. The Hall–Kier alpha value is -2.86. The van der Waals surface area contributed by atoms with Gasteiger partial charge in [-0.05, 0) is 62.2 Å². The first-order valence-corrected chi connectivity index (χ1v) is 9.08. The zero-order valence-electron chi connectivity index (χ0n) is 14.8. The summed E-state index contributed by atoms with van der Waals surface area (Å²) in [5, 5.41) is 8.79. The van der Waals surface area contributed by atoms with E-state index in [1.54, 1.807) is 55.5 Å². The Bertz CT molecular complexity index is 863. The van der Waals surface area contributed by atoms with Gasteiger partial charge >= 0.3 is 0 Å². The number of halogens is 1. The van der Waals surface area contributed by atoms with Crippen molar-refractivity contribution in [2.24, 2.45) is 0 Å². The SMILES string of the molecule is C[C@@H](NC(=O)c1ccc(Cl)cc1)C(=O)Nc1cccc(C(=O)NC2CC2)c1. The van der Waals surface area contributed by atoms with Crippen molar-refractivity contribution in [3.8, 4) is 0 Å². The highest BCUT2D eigenvalue weighted by Crippen LogP contribution is 2.20. The van der Waals surface area contributed by atoms with Crippen molar-refractivity contribution in [3.63, 3.8) is 0 Å². The highest BCUT2D eigenvalue weighted by Gasteiger charge is 2.24. The summed E-state index contributed by atoms with van der Waals surface area (Å²) < 4.78 is 0. The molecule has 27 heavy (non-hydrogen) atoms. The van der Waals surface area contributed by atoms with Crippen LogP contribution in [0.25, 0.3) is 0 Å². The second-order valence-electron chi connectivity index (χ2n) is 6.52. The fourth-order valence-electron chi connectivity index (χ4n) is 2.43.